The Morgan fingerprint density at radius 3 is 1.67 bits per heavy atom. The Bertz CT molecular complexity index is 31.8. The fraction of sp³-hybridized carbons (Fsp3) is 0.500. The molecule has 0 aromatic carbocycles. The quantitative estimate of drug-likeness (QED) is 0.316. The number of aliphatic carboxylic acids is 1. The van der Waals surface area contributed by atoms with Crippen LogP contribution in [0.2, 0.25) is 0 Å². The third kappa shape index (κ3) is 49200. The first-order valence-electron chi connectivity index (χ1n) is 0.928. The van der Waals surface area contributed by atoms with E-state index in [2.05, 4.69) is 0 Å². The minimum Gasteiger partial charge on any atom is -0.870 e. The molecule has 0 aromatic heterocycles. The van der Waals surface area contributed by atoms with E-state index in [1.807, 2.05) is 0 Å². The van der Waals surface area contributed by atoms with E-state index in [0.29, 0.717) is 0 Å². The van der Waals surface area contributed by atoms with Gasteiger partial charge in [-0.2, -0.15) is 0 Å². The van der Waals surface area contributed by atoms with Gasteiger partial charge in [-0.25, -0.2) is 0 Å². The molecule has 0 heterocycles. The number of hydrogen-bond acceptors (Lipinski definition) is 2. The molecular formula is C2H5LiO3. The Morgan fingerprint density at radius 2 is 1.67 bits per heavy atom. The van der Waals surface area contributed by atoms with Crippen LogP contribution in [0.15, 0.2) is 0 Å². The van der Waals surface area contributed by atoms with Crippen molar-refractivity contribution in [2.75, 3.05) is 0 Å². The van der Waals surface area contributed by atoms with Gasteiger partial charge in [0.2, 0.25) is 0 Å². The molecule has 32 valence electrons. The zero-order valence-corrected chi connectivity index (χ0v) is 3.80. The molecule has 0 atom stereocenters. The van der Waals surface area contributed by atoms with E-state index in [4.69, 9.17) is 9.90 Å². The maximum atomic E-state index is 9.00. The van der Waals surface area contributed by atoms with E-state index >= 15 is 0 Å². The van der Waals surface area contributed by atoms with Gasteiger partial charge in [0.1, 0.15) is 0 Å². The molecule has 0 spiro atoms. The number of rotatable bonds is 0. The molecule has 0 rings (SSSR count). The molecule has 0 aliphatic carbocycles. The third-order valence-electron chi connectivity index (χ3n) is 0. The molecule has 0 bridgehead atoms. The smallest absolute Gasteiger partial charge is 0.870 e. The van der Waals surface area contributed by atoms with Crippen molar-refractivity contribution in [2.24, 2.45) is 0 Å². The summed E-state index contributed by atoms with van der Waals surface area (Å²) in [4.78, 5) is 9.00. The maximum Gasteiger partial charge on any atom is 1.00 e. The van der Waals surface area contributed by atoms with Crippen LogP contribution in [0.25, 0.3) is 0 Å². The summed E-state index contributed by atoms with van der Waals surface area (Å²) < 4.78 is 0. The van der Waals surface area contributed by atoms with Gasteiger partial charge >= 0.3 is 18.9 Å². The minimum absolute atomic E-state index is 0. The summed E-state index contributed by atoms with van der Waals surface area (Å²) in [5.41, 5.74) is 0. The monoisotopic (exact) mass is 84.0 g/mol. The summed E-state index contributed by atoms with van der Waals surface area (Å²) in [7, 11) is 0. The van der Waals surface area contributed by atoms with E-state index in [1.165, 1.54) is 0 Å². The Kier molecular flexibility index (Phi) is 24.6. The maximum absolute atomic E-state index is 9.00. The van der Waals surface area contributed by atoms with E-state index in [1.54, 1.807) is 0 Å². The van der Waals surface area contributed by atoms with Crippen LogP contribution < -0.4 is 18.9 Å². The molecule has 0 aliphatic heterocycles. The van der Waals surface area contributed by atoms with Gasteiger partial charge < -0.3 is 10.6 Å². The largest absolute Gasteiger partial charge is 1.00 e. The SMILES string of the molecule is CC(=O)O.[Li+].[OH-]. The number of hydrogen-bond donors (Lipinski definition) is 1. The topological polar surface area (TPSA) is 67.3 Å². The summed E-state index contributed by atoms with van der Waals surface area (Å²) in [5.74, 6) is -0.833. The molecule has 0 aromatic rings. The van der Waals surface area contributed by atoms with Crippen molar-refractivity contribution in [3.8, 4) is 0 Å². The summed E-state index contributed by atoms with van der Waals surface area (Å²) in [6.45, 7) is 1.08. The van der Waals surface area contributed by atoms with Gasteiger partial charge in [0.15, 0.2) is 0 Å². The molecule has 4 heteroatoms. The molecule has 0 aliphatic rings. The average molecular weight is 84.0 g/mol. The van der Waals surface area contributed by atoms with E-state index in [9.17, 15) is 0 Å². The zero-order valence-electron chi connectivity index (χ0n) is 3.80. The summed E-state index contributed by atoms with van der Waals surface area (Å²) in [6, 6.07) is 0. The van der Waals surface area contributed by atoms with Gasteiger partial charge in [0, 0.05) is 6.92 Å². The van der Waals surface area contributed by atoms with Crippen LogP contribution >= 0.6 is 0 Å². The second-order valence-corrected chi connectivity index (χ2v) is 0.519. The number of carboxylic acid groups (broad SMARTS) is 1. The van der Waals surface area contributed by atoms with Crippen LogP contribution in [0.1, 0.15) is 6.92 Å². The Morgan fingerprint density at radius 1 is 1.67 bits per heavy atom. The van der Waals surface area contributed by atoms with Gasteiger partial charge in [-0.1, -0.05) is 0 Å². The molecule has 6 heavy (non-hydrogen) atoms. The zero-order chi connectivity index (χ0) is 3.58. The Balaban J connectivity index is -0.0000000450. The van der Waals surface area contributed by atoms with Gasteiger partial charge in [-0.15, -0.1) is 0 Å². The van der Waals surface area contributed by atoms with Crippen molar-refractivity contribution < 1.29 is 34.2 Å². The molecule has 0 saturated heterocycles. The van der Waals surface area contributed by atoms with Gasteiger partial charge in [0.25, 0.3) is 5.97 Å². The first kappa shape index (κ1) is 16.6. The van der Waals surface area contributed by atoms with Gasteiger partial charge in [-0.3, -0.25) is 4.79 Å². The predicted octanol–water partition coefficient (Wildman–Crippen LogP) is -3.08. The molecule has 0 amide bonds. The molecule has 3 nitrogen and oxygen atoms in total. The molecule has 0 saturated carbocycles. The Labute approximate surface area is 47.8 Å². The predicted molar refractivity (Wildman–Crippen MR) is 15.2 cm³/mol. The second kappa shape index (κ2) is 8.90. The number of carboxylic acids is 1. The van der Waals surface area contributed by atoms with Gasteiger partial charge in [0.05, 0.1) is 0 Å². The third-order valence-corrected chi connectivity index (χ3v) is 0. The van der Waals surface area contributed by atoms with E-state index < -0.39 is 5.97 Å². The molecule has 0 unspecified atom stereocenters. The fourth-order valence-corrected chi connectivity index (χ4v) is 0. The average Bonchev–Trinajstić information content (AvgIpc) is 0.811. The molecule has 0 fully saturated rings. The summed E-state index contributed by atoms with van der Waals surface area (Å²) in [6.07, 6.45) is 0. The van der Waals surface area contributed by atoms with Crippen LogP contribution in [0.3, 0.4) is 0 Å². The minimum atomic E-state index is -0.833. The van der Waals surface area contributed by atoms with Crippen LogP contribution in [-0.2, 0) is 4.79 Å². The second-order valence-electron chi connectivity index (χ2n) is 0.519. The Hall–Kier alpha value is 0.0274. The molecule has 0 radical (unpaired) electrons. The van der Waals surface area contributed by atoms with Crippen LogP contribution in [0.5, 0.6) is 0 Å². The van der Waals surface area contributed by atoms with Crippen LogP contribution in [0.4, 0.5) is 0 Å². The summed E-state index contributed by atoms with van der Waals surface area (Å²) in [5, 5.41) is 7.42. The van der Waals surface area contributed by atoms with E-state index in [-0.39, 0.29) is 24.3 Å². The first-order valence-corrected chi connectivity index (χ1v) is 0.928. The molecule has 2 N–H and O–H groups in total. The van der Waals surface area contributed by atoms with Crippen molar-refractivity contribution in [3.05, 3.63) is 0 Å². The number of carbonyl (C=O) groups is 1. The summed E-state index contributed by atoms with van der Waals surface area (Å²) >= 11 is 0. The molecular weight excluding hydrogens is 79.0 g/mol. The normalized spacial score (nSPS) is 4.17. The van der Waals surface area contributed by atoms with Gasteiger partial charge in [-0.05, 0) is 0 Å². The van der Waals surface area contributed by atoms with Crippen molar-refractivity contribution >= 4 is 5.97 Å². The fourth-order valence-electron chi connectivity index (χ4n) is 0. The van der Waals surface area contributed by atoms with Crippen molar-refractivity contribution in [3.63, 3.8) is 0 Å². The van der Waals surface area contributed by atoms with Crippen molar-refractivity contribution in [1.29, 1.82) is 0 Å². The van der Waals surface area contributed by atoms with Crippen LogP contribution in [-0.4, -0.2) is 16.6 Å². The van der Waals surface area contributed by atoms with Crippen molar-refractivity contribution in [2.45, 2.75) is 6.92 Å². The van der Waals surface area contributed by atoms with Crippen molar-refractivity contribution in [1.82, 2.24) is 0 Å². The van der Waals surface area contributed by atoms with E-state index in [0.717, 1.165) is 6.92 Å². The standard InChI is InChI=1S/C2H4O2.Li.H2O/c1-2(3)4;;/h1H3,(H,3,4);;1H2/q;+1;/p-1. The van der Waals surface area contributed by atoms with Crippen LogP contribution in [0, 0.1) is 0 Å². The first-order chi connectivity index (χ1) is 1.73.